The van der Waals surface area contributed by atoms with Crippen LogP contribution in [0.3, 0.4) is 0 Å². The molecule has 112 valence electrons. The van der Waals surface area contributed by atoms with Crippen molar-refractivity contribution in [2.45, 2.75) is 20.0 Å². The van der Waals surface area contributed by atoms with Crippen LogP contribution < -0.4 is 15.4 Å². The van der Waals surface area contributed by atoms with Gasteiger partial charge in [-0.2, -0.15) is 15.0 Å². The molecule has 0 aliphatic carbocycles. The Hall–Kier alpha value is -2.51. The van der Waals surface area contributed by atoms with Crippen LogP contribution in [0, 0.1) is 11.6 Å². The zero-order chi connectivity index (χ0) is 15.4. The Morgan fingerprint density at radius 2 is 1.67 bits per heavy atom. The molecule has 8 heteroatoms. The Morgan fingerprint density at radius 1 is 1.05 bits per heavy atom. The fourth-order valence-electron chi connectivity index (χ4n) is 1.52. The van der Waals surface area contributed by atoms with Crippen LogP contribution in [-0.2, 0) is 0 Å². The Labute approximate surface area is 120 Å². The van der Waals surface area contributed by atoms with E-state index in [1.165, 1.54) is 6.07 Å². The molecule has 0 saturated carbocycles. The maximum Gasteiger partial charge on any atom is 0.323 e. The van der Waals surface area contributed by atoms with Crippen molar-refractivity contribution in [2.75, 3.05) is 17.7 Å². The Morgan fingerprint density at radius 3 is 2.24 bits per heavy atom. The highest BCUT2D eigenvalue weighted by molar-refractivity contribution is 5.56. The number of anilines is 3. The summed E-state index contributed by atoms with van der Waals surface area (Å²) < 4.78 is 32.6. The summed E-state index contributed by atoms with van der Waals surface area (Å²) in [5.41, 5.74) is -0.332. The fourth-order valence-corrected chi connectivity index (χ4v) is 1.52. The molecule has 0 atom stereocenters. The average Bonchev–Trinajstić information content (AvgIpc) is 2.42. The van der Waals surface area contributed by atoms with E-state index >= 15 is 0 Å². The first-order valence-corrected chi connectivity index (χ1v) is 6.31. The number of benzene rings is 1. The predicted octanol–water partition coefficient (Wildman–Crippen LogP) is 2.72. The van der Waals surface area contributed by atoms with E-state index in [2.05, 4.69) is 25.6 Å². The van der Waals surface area contributed by atoms with Crippen LogP contribution >= 0.6 is 0 Å². The van der Waals surface area contributed by atoms with Crippen LogP contribution in [0.4, 0.5) is 26.4 Å². The molecule has 0 saturated heterocycles. The van der Waals surface area contributed by atoms with Crippen LogP contribution in [-0.4, -0.2) is 28.1 Å². The molecule has 2 N–H and O–H groups in total. The van der Waals surface area contributed by atoms with Crippen molar-refractivity contribution in [3.05, 3.63) is 29.8 Å². The van der Waals surface area contributed by atoms with Gasteiger partial charge in [-0.1, -0.05) is 6.07 Å². The number of hydrogen-bond acceptors (Lipinski definition) is 6. The van der Waals surface area contributed by atoms with Gasteiger partial charge in [0.05, 0.1) is 6.10 Å². The molecule has 1 aromatic carbocycles. The molecule has 0 aliphatic heterocycles. The van der Waals surface area contributed by atoms with Gasteiger partial charge in [0.15, 0.2) is 0 Å². The molecule has 0 aliphatic rings. The van der Waals surface area contributed by atoms with Crippen LogP contribution in [0.15, 0.2) is 18.2 Å². The van der Waals surface area contributed by atoms with E-state index in [1.807, 2.05) is 13.8 Å². The van der Waals surface area contributed by atoms with E-state index in [1.54, 1.807) is 7.05 Å². The van der Waals surface area contributed by atoms with Crippen molar-refractivity contribution in [3.63, 3.8) is 0 Å². The third kappa shape index (κ3) is 3.74. The molecule has 0 unspecified atom stereocenters. The van der Waals surface area contributed by atoms with Gasteiger partial charge in [0.2, 0.25) is 11.9 Å². The molecule has 0 amide bonds. The summed E-state index contributed by atoms with van der Waals surface area (Å²) >= 11 is 0. The molecular weight excluding hydrogens is 280 g/mol. The van der Waals surface area contributed by atoms with Gasteiger partial charge >= 0.3 is 6.01 Å². The Balaban J connectivity index is 2.35. The fraction of sp³-hybridized carbons (Fsp3) is 0.308. The summed E-state index contributed by atoms with van der Waals surface area (Å²) in [5.74, 6) is -1.28. The largest absolute Gasteiger partial charge is 0.461 e. The zero-order valence-corrected chi connectivity index (χ0v) is 11.8. The zero-order valence-electron chi connectivity index (χ0n) is 11.8. The maximum absolute atomic E-state index is 13.6. The second kappa shape index (κ2) is 6.29. The lowest BCUT2D eigenvalue weighted by atomic mass is 10.3. The second-order valence-corrected chi connectivity index (χ2v) is 4.40. The molecule has 0 spiro atoms. The SMILES string of the molecule is CNc1nc(Nc2c(F)cccc2F)nc(OC(C)C)n1. The van der Waals surface area contributed by atoms with Gasteiger partial charge in [0.25, 0.3) is 0 Å². The van der Waals surface area contributed by atoms with Crippen LogP contribution in [0.5, 0.6) is 6.01 Å². The minimum atomic E-state index is -0.743. The Bertz CT molecular complexity index is 616. The van der Waals surface area contributed by atoms with Gasteiger partial charge < -0.3 is 15.4 Å². The molecule has 0 fully saturated rings. The molecular formula is C13H15F2N5O. The van der Waals surface area contributed by atoms with Gasteiger partial charge in [-0.25, -0.2) is 8.78 Å². The van der Waals surface area contributed by atoms with E-state index < -0.39 is 11.6 Å². The van der Waals surface area contributed by atoms with Crippen molar-refractivity contribution >= 4 is 17.6 Å². The molecule has 2 rings (SSSR count). The Kier molecular flexibility index (Phi) is 4.46. The lowest BCUT2D eigenvalue weighted by Gasteiger charge is -2.11. The summed E-state index contributed by atoms with van der Waals surface area (Å²) in [4.78, 5) is 11.9. The first-order valence-electron chi connectivity index (χ1n) is 6.31. The number of para-hydroxylation sites is 1. The molecule has 0 radical (unpaired) electrons. The van der Waals surface area contributed by atoms with Gasteiger partial charge in [-0.3, -0.25) is 0 Å². The molecule has 2 aromatic rings. The highest BCUT2D eigenvalue weighted by Gasteiger charge is 2.13. The smallest absolute Gasteiger partial charge is 0.323 e. The number of aromatic nitrogens is 3. The monoisotopic (exact) mass is 295 g/mol. The van der Waals surface area contributed by atoms with Crippen molar-refractivity contribution < 1.29 is 13.5 Å². The van der Waals surface area contributed by atoms with Gasteiger partial charge in [0.1, 0.15) is 17.3 Å². The minimum absolute atomic E-state index is 0.0194. The first-order chi connectivity index (χ1) is 9.99. The lowest BCUT2D eigenvalue weighted by Crippen LogP contribution is -2.12. The summed E-state index contributed by atoms with van der Waals surface area (Å²) in [5, 5.41) is 5.22. The van der Waals surface area contributed by atoms with E-state index in [-0.39, 0.29) is 29.7 Å². The second-order valence-electron chi connectivity index (χ2n) is 4.40. The van der Waals surface area contributed by atoms with Crippen molar-refractivity contribution in [3.8, 4) is 6.01 Å². The highest BCUT2D eigenvalue weighted by atomic mass is 19.1. The van der Waals surface area contributed by atoms with Crippen LogP contribution in [0.2, 0.25) is 0 Å². The summed E-state index contributed by atoms with van der Waals surface area (Å²) in [7, 11) is 1.61. The summed E-state index contributed by atoms with van der Waals surface area (Å²) in [6.07, 6.45) is -0.143. The molecule has 21 heavy (non-hydrogen) atoms. The van der Waals surface area contributed by atoms with E-state index in [0.29, 0.717) is 0 Å². The number of ether oxygens (including phenoxy) is 1. The molecule has 1 heterocycles. The van der Waals surface area contributed by atoms with E-state index in [4.69, 9.17) is 4.74 Å². The average molecular weight is 295 g/mol. The normalized spacial score (nSPS) is 10.6. The molecule has 6 nitrogen and oxygen atoms in total. The minimum Gasteiger partial charge on any atom is -0.461 e. The van der Waals surface area contributed by atoms with Crippen LogP contribution in [0.25, 0.3) is 0 Å². The van der Waals surface area contributed by atoms with Gasteiger partial charge in [0, 0.05) is 7.05 Å². The third-order valence-electron chi connectivity index (χ3n) is 2.38. The van der Waals surface area contributed by atoms with E-state index in [0.717, 1.165) is 12.1 Å². The number of rotatable bonds is 5. The number of nitrogens with zero attached hydrogens (tertiary/aromatic N) is 3. The van der Waals surface area contributed by atoms with Crippen molar-refractivity contribution in [2.24, 2.45) is 0 Å². The van der Waals surface area contributed by atoms with Gasteiger partial charge in [-0.15, -0.1) is 0 Å². The standard InChI is InChI=1S/C13H15F2N5O/c1-7(2)21-13-19-11(16-3)18-12(20-13)17-10-8(14)5-4-6-9(10)15/h4-7H,1-3H3,(H2,16,17,18,19,20). The quantitative estimate of drug-likeness (QED) is 0.883. The highest BCUT2D eigenvalue weighted by Crippen LogP contribution is 2.22. The number of nitrogens with one attached hydrogen (secondary N) is 2. The maximum atomic E-state index is 13.6. The lowest BCUT2D eigenvalue weighted by molar-refractivity contribution is 0.222. The van der Waals surface area contributed by atoms with E-state index in [9.17, 15) is 8.78 Å². The third-order valence-corrected chi connectivity index (χ3v) is 2.38. The van der Waals surface area contributed by atoms with Gasteiger partial charge in [-0.05, 0) is 26.0 Å². The summed E-state index contributed by atoms with van der Waals surface area (Å²) in [6, 6.07) is 3.60. The molecule has 1 aromatic heterocycles. The van der Waals surface area contributed by atoms with Crippen molar-refractivity contribution in [1.82, 2.24) is 15.0 Å². The van der Waals surface area contributed by atoms with Crippen molar-refractivity contribution in [1.29, 1.82) is 0 Å². The molecule has 0 bridgehead atoms. The topological polar surface area (TPSA) is 72.0 Å². The summed E-state index contributed by atoms with van der Waals surface area (Å²) in [6.45, 7) is 3.62. The predicted molar refractivity (Wildman–Crippen MR) is 74.8 cm³/mol. The first kappa shape index (κ1) is 14.9. The van der Waals surface area contributed by atoms with Crippen LogP contribution in [0.1, 0.15) is 13.8 Å². The number of halogens is 2. The number of hydrogen-bond donors (Lipinski definition) is 2.